The number of nitrogens with zero attached hydrogens (tertiary/aromatic N) is 2. The van der Waals surface area contributed by atoms with E-state index < -0.39 is 0 Å². The second kappa shape index (κ2) is 13.3. The van der Waals surface area contributed by atoms with Gasteiger partial charge < -0.3 is 14.2 Å². The first-order valence-corrected chi connectivity index (χ1v) is 25.2. The molecule has 5 aliphatic rings. The van der Waals surface area contributed by atoms with E-state index in [1.807, 2.05) is 0 Å². The first kappa shape index (κ1) is 42.2. The number of fused-ring (bicyclic) bond motifs is 11. The number of benzene rings is 6. The molecule has 1 aromatic heterocycles. The predicted molar refractivity (Wildman–Crippen MR) is 283 cm³/mol. The van der Waals surface area contributed by atoms with Crippen molar-refractivity contribution in [3.05, 3.63) is 136 Å². The molecule has 66 heavy (non-hydrogen) atoms. The van der Waals surface area contributed by atoms with E-state index in [1.165, 1.54) is 144 Å². The summed E-state index contributed by atoms with van der Waals surface area (Å²) >= 11 is 0. The maximum Gasteiger partial charge on any atom is 0.252 e. The third kappa shape index (κ3) is 5.75. The van der Waals surface area contributed by atoms with Crippen LogP contribution in [0.2, 0.25) is 0 Å². The Morgan fingerprint density at radius 3 is 1.59 bits per heavy atom. The summed E-state index contributed by atoms with van der Waals surface area (Å²) in [5.41, 5.74) is 25.7. The molecule has 3 nitrogen and oxygen atoms in total. The van der Waals surface area contributed by atoms with Gasteiger partial charge in [0.15, 0.2) is 0 Å². The lowest BCUT2D eigenvalue weighted by Gasteiger charge is -2.48. The fourth-order valence-electron chi connectivity index (χ4n) is 13.7. The van der Waals surface area contributed by atoms with Crippen LogP contribution < -0.4 is 26.2 Å². The van der Waals surface area contributed by atoms with E-state index in [0.29, 0.717) is 0 Å². The summed E-state index contributed by atoms with van der Waals surface area (Å²) in [5, 5.41) is 2.45. The molecule has 7 aromatic rings. The summed E-state index contributed by atoms with van der Waals surface area (Å²) in [6.07, 6.45) is 7.08. The van der Waals surface area contributed by atoms with Gasteiger partial charge in [0, 0.05) is 33.8 Å². The molecule has 0 N–H and O–H groups in total. The Hall–Kier alpha value is -5.22. The predicted octanol–water partition coefficient (Wildman–Crippen LogP) is 15.3. The monoisotopic (exact) mass is 869 g/mol. The average Bonchev–Trinajstić information content (AvgIpc) is 3.63. The van der Waals surface area contributed by atoms with Gasteiger partial charge in [-0.05, 0) is 200 Å². The first-order chi connectivity index (χ1) is 31.0. The van der Waals surface area contributed by atoms with Gasteiger partial charge in [-0.25, -0.2) is 0 Å². The van der Waals surface area contributed by atoms with Crippen LogP contribution in [0.3, 0.4) is 0 Å². The number of anilines is 6. The number of hydrogen-bond acceptors (Lipinski definition) is 3. The van der Waals surface area contributed by atoms with Gasteiger partial charge in [-0.3, -0.25) is 0 Å². The minimum Gasteiger partial charge on any atom is -0.456 e. The molecule has 0 saturated heterocycles. The summed E-state index contributed by atoms with van der Waals surface area (Å²) in [4.78, 5) is 5.34. The average molecular weight is 869 g/mol. The van der Waals surface area contributed by atoms with Crippen molar-refractivity contribution in [3.63, 3.8) is 0 Å². The number of furan rings is 1. The fraction of sp³-hybridized carbons (Fsp3) is 0.419. The van der Waals surface area contributed by atoms with E-state index in [0.717, 1.165) is 11.2 Å². The van der Waals surface area contributed by atoms with Gasteiger partial charge >= 0.3 is 0 Å². The smallest absolute Gasteiger partial charge is 0.252 e. The van der Waals surface area contributed by atoms with Crippen LogP contribution in [0.4, 0.5) is 34.1 Å². The Bertz CT molecular complexity index is 3260. The van der Waals surface area contributed by atoms with Gasteiger partial charge in [0.2, 0.25) is 0 Å². The highest BCUT2D eigenvalue weighted by Crippen LogP contribution is 2.55. The minimum atomic E-state index is 0.0126. The van der Waals surface area contributed by atoms with E-state index >= 15 is 0 Å². The molecule has 12 rings (SSSR count). The van der Waals surface area contributed by atoms with Crippen molar-refractivity contribution in [2.45, 2.75) is 168 Å². The van der Waals surface area contributed by atoms with Gasteiger partial charge in [-0.2, -0.15) is 0 Å². The van der Waals surface area contributed by atoms with E-state index in [2.05, 4.69) is 198 Å². The molecule has 0 spiro atoms. The van der Waals surface area contributed by atoms with Crippen molar-refractivity contribution < 1.29 is 4.42 Å². The Labute approximate surface area is 395 Å². The molecule has 0 saturated carbocycles. The zero-order valence-corrected chi connectivity index (χ0v) is 42.3. The van der Waals surface area contributed by atoms with Gasteiger partial charge in [-0.1, -0.05) is 119 Å². The van der Waals surface area contributed by atoms with Crippen molar-refractivity contribution in [2.24, 2.45) is 0 Å². The number of hydrogen-bond donors (Lipinski definition) is 0. The Morgan fingerprint density at radius 1 is 0.439 bits per heavy atom. The molecule has 0 fully saturated rings. The molecule has 0 amide bonds. The normalized spacial score (nSPS) is 20.8. The highest BCUT2D eigenvalue weighted by atomic mass is 16.3. The van der Waals surface area contributed by atoms with Gasteiger partial charge in [-0.15, -0.1) is 0 Å². The Balaban J connectivity index is 1.22. The third-order valence-corrected chi connectivity index (χ3v) is 18.2. The summed E-state index contributed by atoms with van der Waals surface area (Å²) in [6, 6.07) is 36.6. The Kier molecular flexibility index (Phi) is 8.48. The van der Waals surface area contributed by atoms with Crippen molar-refractivity contribution >= 4 is 79.2 Å². The number of rotatable bonds is 2. The third-order valence-electron chi connectivity index (χ3n) is 18.2. The largest absolute Gasteiger partial charge is 0.456 e. The summed E-state index contributed by atoms with van der Waals surface area (Å²) in [6.45, 7) is 34.1. The Morgan fingerprint density at radius 2 is 0.970 bits per heavy atom. The van der Waals surface area contributed by atoms with Crippen molar-refractivity contribution in [3.8, 4) is 0 Å². The second-order valence-corrected chi connectivity index (χ2v) is 25.5. The molecule has 0 radical (unpaired) electrons. The SMILES string of the molecule is Cc1cc2c3c(c1)N(c1ccccc1C)c1c(ccc4oc5cc6c(cc5c14)C(C)(C)CCC6(C)C)B3c1cc3c(cc1N2c1ccc2c(c1)C(C)(C)CCC2(C)C)C(C)(C)CCC3(C)C. The van der Waals surface area contributed by atoms with Crippen LogP contribution in [0.5, 0.6) is 0 Å². The highest BCUT2D eigenvalue weighted by Gasteiger charge is 2.48. The molecule has 336 valence electrons. The molecule has 2 aliphatic heterocycles. The zero-order valence-electron chi connectivity index (χ0n) is 42.3. The summed E-state index contributed by atoms with van der Waals surface area (Å²) in [7, 11) is 0. The zero-order chi connectivity index (χ0) is 46.4. The van der Waals surface area contributed by atoms with Crippen LogP contribution in [0.1, 0.15) is 166 Å². The van der Waals surface area contributed by atoms with Crippen LogP contribution in [0.15, 0.2) is 95.4 Å². The van der Waals surface area contributed by atoms with E-state index in [-0.39, 0.29) is 39.2 Å². The van der Waals surface area contributed by atoms with E-state index in [1.54, 1.807) is 0 Å². The summed E-state index contributed by atoms with van der Waals surface area (Å²) < 4.78 is 7.09. The van der Waals surface area contributed by atoms with Gasteiger partial charge in [0.05, 0.1) is 11.1 Å². The standard InChI is InChI=1S/C62H69BN2O/c1-36-29-50-55-51(30-36)65(48-18-16-15-17-37(48)2)56-46(21-22-52-54(56)39-32-42-45(35-53(39)66-52)62(13,14)28-25-59(42,7)8)63(55)47-33-43-44(61(11,12)27-26-60(43,9)10)34-49(47)64(50)38-19-20-40-41(31-38)58(5,6)24-23-57(40,3)4/h15-22,29-35H,23-28H2,1-14H3. The molecule has 4 heteroatoms. The maximum atomic E-state index is 7.09. The van der Waals surface area contributed by atoms with E-state index in [4.69, 9.17) is 4.42 Å². The van der Waals surface area contributed by atoms with Crippen LogP contribution in [0, 0.1) is 13.8 Å². The molecule has 3 aliphatic carbocycles. The van der Waals surface area contributed by atoms with Crippen LogP contribution in [0.25, 0.3) is 21.9 Å². The molecular formula is C62H69BN2O. The van der Waals surface area contributed by atoms with Crippen LogP contribution >= 0.6 is 0 Å². The topological polar surface area (TPSA) is 19.6 Å². The number of aryl methyl sites for hydroxylation is 2. The second-order valence-electron chi connectivity index (χ2n) is 25.5. The molecule has 6 aromatic carbocycles. The highest BCUT2D eigenvalue weighted by molar-refractivity contribution is 7.00. The molecule has 3 heterocycles. The van der Waals surface area contributed by atoms with Crippen LogP contribution in [-0.2, 0) is 32.5 Å². The van der Waals surface area contributed by atoms with Gasteiger partial charge in [0.1, 0.15) is 11.2 Å². The molecule has 0 atom stereocenters. The lowest BCUT2D eigenvalue weighted by molar-refractivity contribution is 0.332. The van der Waals surface area contributed by atoms with E-state index in [9.17, 15) is 0 Å². The first-order valence-electron chi connectivity index (χ1n) is 25.2. The van der Waals surface area contributed by atoms with Crippen LogP contribution in [-0.4, -0.2) is 6.71 Å². The summed E-state index contributed by atoms with van der Waals surface area (Å²) in [5.74, 6) is 0. The number of para-hydroxylation sites is 1. The van der Waals surface area contributed by atoms with Crippen molar-refractivity contribution in [1.82, 2.24) is 0 Å². The quantitative estimate of drug-likeness (QED) is 0.161. The maximum absolute atomic E-state index is 7.09. The van der Waals surface area contributed by atoms with Crippen molar-refractivity contribution in [1.29, 1.82) is 0 Å². The van der Waals surface area contributed by atoms with Crippen molar-refractivity contribution in [2.75, 3.05) is 9.80 Å². The minimum absolute atomic E-state index is 0.0126. The molecular weight excluding hydrogens is 800 g/mol. The lowest BCUT2D eigenvalue weighted by atomic mass is 9.33. The molecule has 0 bridgehead atoms. The lowest BCUT2D eigenvalue weighted by Crippen LogP contribution is -2.62. The fourth-order valence-corrected chi connectivity index (χ4v) is 13.7. The molecule has 0 unspecified atom stereocenters. The van der Waals surface area contributed by atoms with Gasteiger partial charge in [0.25, 0.3) is 6.71 Å².